The van der Waals surface area contributed by atoms with Gasteiger partial charge >= 0.3 is 0 Å². The van der Waals surface area contributed by atoms with E-state index in [1.165, 1.54) is 17.4 Å². The van der Waals surface area contributed by atoms with E-state index in [-0.39, 0.29) is 16.2 Å². The standard InChI is InChI=1S/C11H19NO3S3/c1-8-10(5-9(6-13)17-8)18(14,15)12-7-11(2,3)16-4/h5,12-13H,6-7H2,1-4H3. The highest BCUT2D eigenvalue weighted by molar-refractivity contribution is 8.00. The maximum Gasteiger partial charge on any atom is 0.241 e. The quantitative estimate of drug-likeness (QED) is 0.843. The van der Waals surface area contributed by atoms with Gasteiger partial charge in [0.2, 0.25) is 10.0 Å². The predicted octanol–water partition coefficient (Wildman–Crippen LogP) is 1.97. The van der Waals surface area contributed by atoms with E-state index in [0.29, 0.717) is 16.3 Å². The summed E-state index contributed by atoms with van der Waals surface area (Å²) in [4.78, 5) is 1.64. The molecule has 4 nitrogen and oxygen atoms in total. The monoisotopic (exact) mass is 309 g/mol. The lowest BCUT2D eigenvalue weighted by molar-refractivity contribution is 0.285. The lowest BCUT2D eigenvalue weighted by Crippen LogP contribution is -2.36. The van der Waals surface area contributed by atoms with E-state index in [9.17, 15) is 8.42 Å². The van der Waals surface area contributed by atoms with E-state index in [2.05, 4.69) is 4.72 Å². The highest BCUT2D eigenvalue weighted by atomic mass is 32.2. The third kappa shape index (κ3) is 3.96. The van der Waals surface area contributed by atoms with Crippen LogP contribution in [0.25, 0.3) is 0 Å². The first kappa shape index (κ1) is 16.0. The summed E-state index contributed by atoms with van der Waals surface area (Å²) in [6.07, 6.45) is 1.95. The van der Waals surface area contributed by atoms with Crippen LogP contribution in [0.15, 0.2) is 11.0 Å². The first-order chi connectivity index (χ1) is 8.22. The van der Waals surface area contributed by atoms with Crippen LogP contribution in [0.2, 0.25) is 0 Å². The van der Waals surface area contributed by atoms with Crippen LogP contribution in [0.4, 0.5) is 0 Å². The zero-order valence-corrected chi connectivity index (χ0v) is 13.4. The number of aryl methyl sites for hydroxylation is 1. The lowest BCUT2D eigenvalue weighted by atomic mass is 10.2. The molecule has 0 saturated heterocycles. The molecule has 0 radical (unpaired) electrons. The molecule has 2 N–H and O–H groups in total. The summed E-state index contributed by atoms with van der Waals surface area (Å²) < 4.78 is 26.8. The van der Waals surface area contributed by atoms with Gasteiger partial charge < -0.3 is 5.11 Å². The number of hydrogen-bond donors (Lipinski definition) is 2. The van der Waals surface area contributed by atoms with Gasteiger partial charge in [-0.3, -0.25) is 0 Å². The first-order valence-corrected chi connectivity index (χ1v) is 8.99. The minimum atomic E-state index is -3.49. The van der Waals surface area contributed by atoms with Crippen LogP contribution < -0.4 is 4.72 Å². The van der Waals surface area contributed by atoms with Crippen molar-refractivity contribution in [3.8, 4) is 0 Å². The maximum atomic E-state index is 12.1. The molecule has 0 aliphatic rings. The van der Waals surface area contributed by atoms with Gasteiger partial charge in [0.25, 0.3) is 0 Å². The summed E-state index contributed by atoms with van der Waals surface area (Å²) in [6, 6.07) is 1.54. The fourth-order valence-corrected chi connectivity index (χ4v) is 4.30. The molecule has 1 aromatic rings. The number of rotatable bonds is 6. The molecule has 0 amide bonds. The number of sulfonamides is 1. The summed E-state index contributed by atoms with van der Waals surface area (Å²) in [5, 5.41) is 9.03. The Bertz CT molecular complexity index is 506. The van der Waals surface area contributed by atoms with Gasteiger partial charge in [-0.2, -0.15) is 11.8 Å². The fraction of sp³-hybridized carbons (Fsp3) is 0.636. The zero-order valence-electron chi connectivity index (χ0n) is 11.0. The Kier molecular flexibility index (Phi) is 5.25. The van der Waals surface area contributed by atoms with Crippen LogP contribution in [0.3, 0.4) is 0 Å². The molecule has 7 heteroatoms. The Morgan fingerprint density at radius 3 is 2.56 bits per heavy atom. The van der Waals surface area contributed by atoms with Crippen LogP contribution in [0.1, 0.15) is 23.6 Å². The van der Waals surface area contributed by atoms with Crippen molar-refractivity contribution in [2.75, 3.05) is 12.8 Å². The van der Waals surface area contributed by atoms with Crippen LogP contribution in [0.5, 0.6) is 0 Å². The van der Waals surface area contributed by atoms with Gasteiger partial charge in [-0.25, -0.2) is 13.1 Å². The average molecular weight is 309 g/mol. The molecular weight excluding hydrogens is 290 g/mol. The van der Waals surface area contributed by atoms with Gasteiger partial charge in [0, 0.05) is 21.0 Å². The molecule has 0 aliphatic carbocycles. The summed E-state index contributed by atoms with van der Waals surface area (Å²) in [7, 11) is -3.49. The largest absolute Gasteiger partial charge is 0.391 e. The van der Waals surface area contributed by atoms with Crippen molar-refractivity contribution < 1.29 is 13.5 Å². The smallest absolute Gasteiger partial charge is 0.241 e. The molecule has 18 heavy (non-hydrogen) atoms. The van der Waals surface area contributed by atoms with E-state index >= 15 is 0 Å². The maximum absolute atomic E-state index is 12.1. The fourth-order valence-electron chi connectivity index (χ4n) is 1.29. The molecule has 0 fully saturated rings. The number of nitrogens with one attached hydrogen (secondary N) is 1. The van der Waals surface area contributed by atoms with Crippen molar-refractivity contribution in [1.29, 1.82) is 0 Å². The molecule has 0 saturated carbocycles. The first-order valence-electron chi connectivity index (χ1n) is 5.47. The molecule has 1 heterocycles. The van der Waals surface area contributed by atoms with Crippen molar-refractivity contribution >= 4 is 33.1 Å². The Labute approximate surface area is 117 Å². The van der Waals surface area contributed by atoms with E-state index in [1.54, 1.807) is 18.7 Å². The molecule has 0 unspecified atom stereocenters. The van der Waals surface area contributed by atoms with Crippen LogP contribution in [0, 0.1) is 6.92 Å². The second kappa shape index (κ2) is 5.92. The van der Waals surface area contributed by atoms with Crippen molar-refractivity contribution in [3.63, 3.8) is 0 Å². The third-order valence-corrected chi connectivity index (χ3v) is 6.55. The van der Waals surface area contributed by atoms with Gasteiger partial charge in [-0.05, 0) is 33.1 Å². The molecule has 104 valence electrons. The van der Waals surface area contributed by atoms with E-state index < -0.39 is 10.0 Å². The number of aliphatic hydroxyl groups excluding tert-OH is 1. The molecule has 0 bridgehead atoms. The van der Waals surface area contributed by atoms with Gasteiger partial charge in [-0.15, -0.1) is 11.3 Å². The van der Waals surface area contributed by atoms with Gasteiger partial charge in [0.15, 0.2) is 0 Å². The SMILES string of the molecule is CSC(C)(C)CNS(=O)(=O)c1cc(CO)sc1C. The normalized spacial score (nSPS) is 12.9. The average Bonchev–Trinajstić information content (AvgIpc) is 2.69. The topological polar surface area (TPSA) is 66.4 Å². The highest BCUT2D eigenvalue weighted by Gasteiger charge is 2.23. The van der Waals surface area contributed by atoms with Crippen molar-refractivity contribution in [2.45, 2.75) is 37.0 Å². The number of thiophene rings is 1. The van der Waals surface area contributed by atoms with Crippen LogP contribution >= 0.6 is 23.1 Å². The predicted molar refractivity (Wildman–Crippen MR) is 77.8 cm³/mol. The summed E-state index contributed by atoms with van der Waals surface area (Å²) in [5.74, 6) is 0. The van der Waals surface area contributed by atoms with Gasteiger partial charge in [-0.1, -0.05) is 0 Å². The molecule has 0 aromatic carbocycles. The van der Waals surface area contributed by atoms with E-state index in [1.807, 2.05) is 20.1 Å². The number of thioether (sulfide) groups is 1. The van der Waals surface area contributed by atoms with Crippen LogP contribution in [-0.4, -0.2) is 31.1 Å². The second-order valence-electron chi connectivity index (χ2n) is 4.58. The Balaban J connectivity index is 2.90. The van der Waals surface area contributed by atoms with Gasteiger partial charge in [0.05, 0.1) is 11.5 Å². The summed E-state index contributed by atoms with van der Waals surface area (Å²) in [5.41, 5.74) is 0. The molecule has 0 spiro atoms. The zero-order chi connectivity index (χ0) is 14.0. The van der Waals surface area contributed by atoms with Crippen molar-refractivity contribution in [2.24, 2.45) is 0 Å². The van der Waals surface area contributed by atoms with Crippen molar-refractivity contribution in [1.82, 2.24) is 4.72 Å². The van der Waals surface area contributed by atoms with E-state index in [0.717, 1.165) is 0 Å². The molecule has 1 rings (SSSR count). The second-order valence-corrected chi connectivity index (χ2v) is 9.17. The molecule has 0 aliphatic heterocycles. The summed E-state index contributed by atoms with van der Waals surface area (Å²) >= 11 is 2.92. The highest BCUT2D eigenvalue weighted by Crippen LogP contribution is 2.26. The minimum Gasteiger partial charge on any atom is -0.391 e. The Morgan fingerprint density at radius 2 is 2.11 bits per heavy atom. The van der Waals surface area contributed by atoms with Crippen molar-refractivity contribution in [3.05, 3.63) is 15.8 Å². The van der Waals surface area contributed by atoms with E-state index in [4.69, 9.17) is 5.11 Å². The third-order valence-electron chi connectivity index (χ3n) is 2.61. The molecule has 0 atom stereocenters. The molecular formula is C11H19NO3S3. The number of hydrogen-bond acceptors (Lipinski definition) is 5. The molecule has 1 aromatic heterocycles. The Hall–Kier alpha value is -0.0800. The summed E-state index contributed by atoms with van der Waals surface area (Å²) in [6.45, 7) is 5.97. The Morgan fingerprint density at radius 1 is 1.50 bits per heavy atom. The minimum absolute atomic E-state index is 0.128. The lowest BCUT2D eigenvalue weighted by Gasteiger charge is -2.22. The number of aliphatic hydroxyl groups is 1. The van der Waals surface area contributed by atoms with Crippen LogP contribution in [-0.2, 0) is 16.6 Å². The van der Waals surface area contributed by atoms with Gasteiger partial charge in [0.1, 0.15) is 0 Å².